The topological polar surface area (TPSA) is 51.8 Å². The zero-order chi connectivity index (χ0) is 11.7. The Morgan fingerprint density at radius 1 is 1.06 bits per heavy atom. The summed E-state index contributed by atoms with van der Waals surface area (Å²) >= 11 is 3.40. The first-order valence-corrected chi connectivity index (χ1v) is 6.81. The SMILES string of the molecule is Nc1nccc(-c2sccc2-c2cccs2)n1. The van der Waals surface area contributed by atoms with Crippen LogP contribution >= 0.6 is 22.7 Å². The third-order valence-electron chi connectivity index (χ3n) is 2.36. The summed E-state index contributed by atoms with van der Waals surface area (Å²) < 4.78 is 0. The molecule has 3 nitrogen and oxygen atoms in total. The van der Waals surface area contributed by atoms with E-state index in [-0.39, 0.29) is 0 Å². The Morgan fingerprint density at radius 3 is 2.76 bits per heavy atom. The van der Waals surface area contributed by atoms with E-state index in [1.807, 2.05) is 6.07 Å². The first-order valence-electron chi connectivity index (χ1n) is 5.05. The Morgan fingerprint density at radius 2 is 2.00 bits per heavy atom. The number of aromatic nitrogens is 2. The molecule has 0 aromatic carbocycles. The minimum Gasteiger partial charge on any atom is -0.368 e. The molecule has 3 aromatic heterocycles. The summed E-state index contributed by atoms with van der Waals surface area (Å²) in [5, 5.41) is 4.15. The maximum atomic E-state index is 5.62. The van der Waals surface area contributed by atoms with Gasteiger partial charge in [0.25, 0.3) is 0 Å². The molecule has 3 rings (SSSR count). The van der Waals surface area contributed by atoms with Gasteiger partial charge in [0.1, 0.15) is 0 Å². The van der Waals surface area contributed by atoms with E-state index in [1.165, 1.54) is 10.4 Å². The van der Waals surface area contributed by atoms with Crippen molar-refractivity contribution in [3.05, 3.63) is 41.2 Å². The van der Waals surface area contributed by atoms with Crippen molar-refractivity contribution in [2.45, 2.75) is 0 Å². The van der Waals surface area contributed by atoms with Gasteiger partial charge in [-0.25, -0.2) is 9.97 Å². The first-order chi connectivity index (χ1) is 8.34. The Labute approximate surface area is 107 Å². The minimum atomic E-state index is 0.313. The van der Waals surface area contributed by atoms with Gasteiger partial charge in [-0.1, -0.05) is 6.07 Å². The lowest BCUT2D eigenvalue weighted by molar-refractivity contribution is 1.19. The Bertz CT molecular complexity index is 629. The molecule has 0 aliphatic rings. The fourth-order valence-corrected chi connectivity index (χ4v) is 3.34. The third-order valence-corrected chi connectivity index (χ3v) is 4.20. The van der Waals surface area contributed by atoms with Gasteiger partial charge in [-0.2, -0.15) is 0 Å². The number of hydrogen-bond donors (Lipinski definition) is 1. The molecule has 0 bridgehead atoms. The van der Waals surface area contributed by atoms with Crippen molar-refractivity contribution < 1.29 is 0 Å². The van der Waals surface area contributed by atoms with Crippen molar-refractivity contribution in [3.8, 4) is 21.0 Å². The number of rotatable bonds is 2. The van der Waals surface area contributed by atoms with Crippen molar-refractivity contribution in [1.29, 1.82) is 0 Å². The molecule has 0 unspecified atom stereocenters. The maximum Gasteiger partial charge on any atom is 0.220 e. The van der Waals surface area contributed by atoms with E-state index in [0.29, 0.717) is 5.95 Å². The average Bonchev–Trinajstić information content (AvgIpc) is 3.00. The molecule has 0 radical (unpaired) electrons. The predicted octanol–water partition coefficient (Wildman–Crippen LogP) is 3.52. The van der Waals surface area contributed by atoms with E-state index in [9.17, 15) is 0 Å². The highest BCUT2D eigenvalue weighted by Crippen LogP contribution is 2.37. The lowest BCUT2D eigenvalue weighted by Crippen LogP contribution is -1.94. The van der Waals surface area contributed by atoms with Crippen molar-refractivity contribution in [3.63, 3.8) is 0 Å². The van der Waals surface area contributed by atoms with E-state index < -0.39 is 0 Å². The normalized spacial score (nSPS) is 10.6. The van der Waals surface area contributed by atoms with Crippen LogP contribution in [0.15, 0.2) is 41.2 Å². The van der Waals surface area contributed by atoms with Crippen LogP contribution < -0.4 is 5.73 Å². The second kappa shape index (κ2) is 4.27. The molecule has 17 heavy (non-hydrogen) atoms. The van der Waals surface area contributed by atoms with E-state index in [1.54, 1.807) is 28.9 Å². The van der Waals surface area contributed by atoms with Gasteiger partial charge in [-0.05, 0) is 29.0 Å². The highest BCUT2D eigenvalue weighted by atomic mass is 32.1. The summed E-state index contributed by atoms with van der Waals surface area (Å²) in [6.07, 6.45) is 1.69. The van der Waals surface area contributed by atoms with Crippen LogP contribution in [0.2, 0.25) is 0 Å². The summed E-state index contributed by atoms with van der Waals surface area (Å²) in [5.41, 5.74) is 7.71. The van der Waals surface area contributed by atoms with Gasteiger partial charge in [0.2, 0.25) is 5.95 Å². The molecule has 0 spiro atoms. The van der Waals surface area contributed by atoms with Crippen LogP contribution in [0.1, 0.15) is 0 Å². The van der Waals surface area contributed by atoms with Crippen molar-refractivity contribution in [1.82, 2.24) is 9.97 Å². The standard InChI is InChI=1S/C12H9N3S2/c13-12-14-5-3-9(15-12)11-8(4-7-17-11)10-2-1-6-16-10/h1-7H,(H2,13,14,15). The van der Waals surface area contributed by atoms with Crippen LogP contribution in [0.25, 0.3) is 21.0 Å². The van der Waals surface area contributed by atoms with Gasteiger partial charge in [-0.15, -0.1) is 22.7 Å². The third kappa shape index (κ3) is 1.94. The van der Waals surface area contributed by atoms with Gasteiger partial charge in [0.05, 0.1) is 10.6 Å². The van der Waals surface area contributed by atoms with Gasteiger partial charge >= 0.3 is 0 Å². The van der Waals surface area contributed by atoms with Gasteiger partial charge in [0.15, 0.2) is 0 Å². The molecule has 0 saturated carbocycles. The second-order valence-corrected chi connectivity index (χ2v) is 5.30. The minimum absolute atomic E-state index is 0.313. The monoisotopic (exact) mass is 259 g/mol. The van der Waals surface area contributed by atoms with Gasteiger partial charge in [-0.3, -0.25) is 0 Å². The molecule has 0 atom stereocenters. The summed E-state index contributed by atoms with van der Waals surface area (Å²) in [6.45, 7) is 0. The Balaban J connectivity index is 2.14. The number of nitrogens with zero attached hydrogens (tertiary/aromatic N) is 2. The Kier molecular flexibility index (Phi) is 2.62. The fourth-order valence-electron chi connectivity index (χ4n) is 1.63. The molecule has 0 saturated heterocycles. The molecule has 0 aliphatic heterocycles. The number of hydrogen-bond acceptors (Lipinski definition) is 5. The van der Waals surface area contributed by atoms with Gasteiger partial charge in [0, 0.05) is 16.6 Å². The summed E-state index contributed by atoms with van der Waals surface area (Å²) in [4.78, 5) is 10.6. The molecule has 2 N–H and O–H groups in total. The largest absolute Gasteiger partial charge is 0.368 e. The molecule has 84 valence electrons. The highest BCUT2D eigenvalue weighted by molar-refractivity contribution is 7.16. The summed E-state index contributed by atoms with van der Waals surface area (Å²) in [7, 11) is 0. The van der Waals surface area contributed by atoms with E-state index in [0.717, 1.165) is 10.6 Å². The van der Waals surface area contributed by atoms with Gasteiger partial charge < -0.3 is 5.73 Å². The van der Waals surface area contributed by atoms with Crippen LogP contribution in [0, 0.1) is 0 Å². The lowest BCUT2D eigenvalue weighted by atomic mass is 10.2. The predicted molar refractivity (Wildman–Crippen MR) is 73.1 cm³/mol. The smallest absolute Gasteiger partial charge is 0.220 e. The molecular weight excluding hydrogens is 250 g/mol. The first kappa shape index (κ1) is 10.4. The molecular formula is C12H9N3S2. The van der Waals surface area contributed by atoms with Crippen molar-refractivity contribution in [2.75, 3.05) is 5.73 Å². The summed E-state index contributed by atoms with van der Waals surface area (Å²) in [6, 6.07) is 8.17. The van der Waals surface area contributed by atoms with E-state index in [2.05, 4.69) is 38.9 Å². The molecule has 3 aromatic rings. The number of thiophene rings is 2. The molecule has 3 heterocycles. The molecule has 5 heteroatoms. The van der Waals surface area contributed by atoms with Crippen LogP contribution in [0.3, 0.4) is 0 Å². The lowest BCUT2D eigenvalue weighted by Gasteiger charge is -2.01. The zero-order valence-corrected chi connectivity index (χ0v) is 10.5. The number of nitrogen functional groups attached to an aromatic ring is 1. The quantitative estimate of drug-likeness (QED) is 0.766. The maximum absolute atomic E-state index is 5.62. The van der Waals surface area contributed by atoms with Crippen LogP contribution in [0.4, 0.5) is 5.95 Å². The van der Waals surface area contributed by atoms with Crippen LogP contribution in [-0.2, 0) is 0 Å². The van der Waals surface area contributed by atoms with Crippen molar-refractivity contribution >= 4 is 28.6 Å². The Hall–Kier alpha value is -1.72. The summed E-state index contributed by atoms with van der Waals surface area (Å²) in [5.74, 6) is 0.313. The van der Waals surface area contributed by atoms with Crippen molar-refractivity contribution in [2.24, 2.45) is 0 Å². The zero-order valence-electron chi connectivity index (χ0n) is 8.83. The van der Waals surface area contributed by atoms with E-state index >= 15 is 0 Å². The second-order valence-electron chi connectivity index (χ2n) is 3.44. The molecule has 0 aliphatic carbocycles. The number of nitrogens with two attached hydrogens (primary N) is 1. The fraction of sp³-hybridized carbons (Fsp3) is 0. The molecule has 0 fully saturated rings. The number of anilines is 1. The van der Waals surface area contributed by atoms with Crippen LogP contribution in [0.5, 0.6) is 0 Å². The highest BCUT2D eigenvalue weighted by Gasteiger charge is 2.11. The average molecular weight is 259 g/mol. The van der Waals surface area contributed by atoms with E-state index in [4.69, 9.17) is 5.73 Å². The molecule has 0 amide bonds. The van der Waals surface area contributed by atoms with Crippen LogP contribution in [-0.4, -0.2) is 9.97 Å².